The SMILES string of the molecule is CO[C@H](C)CCC(=O)Nc1nc(-c2ccsc2)ns1. The van der Waals surface area contributed by atoms with Crippen molar-refractivity contribution in [1.82, 2.24) is 9.36 Å². The highest BCUT2D eigenvalue weighted by Gasteiger charge is 2.11. The van der Waals surface area contributed by atoms with Crippen LogP contribution in [-0.2, 0) is 9.53 Å². The molecule has 0 aromatic carbocycles. The summed E-state index contributed by atoms with van der Waals surface area (Å²) in [6.07, 6.45) is 1.20. The van der Waals surface area contributed by atoms with E-state index in [1.165, 1.54) is 11.5 Å². The zero-order chi connectivity index (χ0) is 13.7. The summed E-state index contributed by atoms with van der Waals surface area (Å²) in [6.45, 7) is 1.94. The molecule has 7 heteroatoms. The first kappa shape index (κ1) is 14.1. The summed E-state index contributed by atoms with van der Waals surface area (Å²) in [5, 5.41) is 7.25. The molecule has 0 aliphatic rings. The Hall–Kier alpha value is -1.31. The van der Waals surface area contributed by atoms with Crippen molar-refractivity contribution >= 4 is 33.9 Å². The van der Waals surface area contributed by atoms with Gasteiger partial charge in [-0.1, -0.05) is 0 Å². The summed E-state index contributed by atoms with van der Waals surface area (Å²) >= 11 is 2.79. The molecule has 0 spiro atoms. The Morgan fingerprint density at radius 3 is 3.11 bits per heavy atom. The number of carbonyl (C=O) groups excluding carboxylic acids is 1. The van der Waals surface area contributed by atoms with Gasteiger partial charge in [-0.2, -0.15) is 20.7 Å². The number of nitrogens with zero attached hydrogens (tertiary/aromatic N) is 2. The predicted octanol–water partition coefficient (Wildman–Crippen LogP) is 3.02. The molecular weight excluding hydrogens is 282 g/mol. The second-order valence-electron chi connectivity index (χ2n) is 4.07. The van der Waals surface area contributed by atoms with Crippen molar-refractivity contribution in [3.63, 3.8) is 0 Å². The van der Waals surface area contributed by atoms with E-state index in [1.54, 1.807) is 18.4 Å². The van der Waals surface area contributed by atoms with Gasteiger partial charge >= 0.3 is 0 Å². The number of anilines is 1. The molecule has 2 rings (SSSR count). The number of rotatable bonds is 6. The predicted molar refractivity (Wildman–Crippen MR) is 77.6 cm³/mol. The van der Waals surface area contributed by atoms with E-state index in [2.05, 4.69) is 14.7 Å². The largest absolute Gasteiger partial charge is 0.382 e. The monoisotopic (exact) mass is 297 g/mol. The molecule has 1 amide bonds. The summed E-state index contributed by atoms with van der Waals surface area (Å²) in [5.41, 5.74) is 0.981. The number of carbonyl (C=O) groups is 1. The Kier molecular flexibility index (Phi) is 5.00. The maximum absolute atomic E-state index is 11.7. The van der Waals surface area contributed by atoms with Crippen molar-refractivity contribution in [3.8, 4) is 11.4 Å². The summed E-state index contributed by atoms with van der Waals surface area (Å²) in [5.74, 6) is 0.601. The Morgan fingerprint density at radius 2 is 2.42 bits per heavy atom. The van der Waals surface area contributed by atoms with Crippen molar-refractivity contribution in [3.05, 3.63) is 16.8 Å². The molecule has 1 atom stereocenters. The van der Waals surface area contributed by atoms with Gasteiger partial charge in [-0.15, -0.1) is 0 Å². The van der Waals surface area contributed by atoms with Gasteiger partial charge in [0.05, 0.1) is 6.10 Å². The zero-order valence-corrected chi connectivity index (χ0v) is 12.4. The van der Waals surface area contributed by atoms with Gasteiger partial charge in [0.25, 0.3) is 0 Å². The quantitative estimate of drug-likeness (QED) is 0.890. The van der Waals surface area contributed by atoms with Crippen LogP contribution in [0, 0.1) is 0 Å². The Labute approximate surface area is 119 Å². The van der Waals surface area contributed by atoms with Crippen LogP contribution >= 0.6 is 22.9 Å². The lowest BCUT2D eigenvalue weighted by Gasteiger charge is -2.07. The van der Waals surface area contributed by atoms with E-state index in [4.69, 9.17) is 4.74 Å². The van der Waals surface area contributed by atoms with E-state index in [0.29, 0.717) is 23.8 Å². The lowest BCUT2D eigenvalue weighted by atomic mass is 10.2. The molecule has 2 aromatic rings. The average molecular weight is 297 g/mol. The maximum Gasteiger partial charge on any atom is 0.226 e. The summed E-state index contributed by atoms with van der Waals surface area (Å²) in [4.78, 5) is 16.0. The van der Waals surface area contributed by atoms with Crippen molar-refractivity contribution < 1.29 is 9.53 Å². The van der Waals surface area contributed by atoms with Gasteiger partial charge in [0, 0.05) is 36.0 Å². The number of aromatic nitrogens is 2. The maximum atomic E-state index is 11.7. The van der Waals surface area contributed by atoms with Crippen LogP contribution in [0.15, 0.2) is 16.8 Å². The number of ether oxygens (including phenoxy) is 1. The fourth-order valence-corrected chi connectivity index (χ4v) is 2.66. The molecule has 19 heavy (non-hydrogen) atoms. The smallest absolute Gasteiger partial charge is 0.226 e. The van der Waals surface area contributed by atoms with E-state index in [1.807, 2.05) is 23.8 Å². The molecule has 0 saturated carbocycles. The normalized spacial score (nSPS) is 12.3. The van der Waals surface area contributed by atoms with Gasteiger partial charge in [0.1, 0.15) is 0 Å². The molecule has 0 bridgehead atoms. The van der Waals surface area contributed by atoms with Crippen LogP contribution in [-0.4, -0.2) is 28.5 Å². The molecule has 5 nitrogen and oxygen atoms in total. The molecule has 0 saturated heterocycles. The second kappa shape index (κ2) is 6.74. The number of thiophene rings is 1. The third-order valence-corrected chi connectivity index (χ3v) is 3.95. The highest BCUT2D eigenvalue weighted by molar-refractivity contribution is 7.10. The van der Waals surface area contributed by atoms with Gasteiger partial charge in [-0.05, 0) is 24.8 Å². The third kappa shape index (κ3) is 4.09. The molecule has 0 radical (unpaired) electrons. The van der Waals surface area contributed by atoms with Crippen LogP contribution in [0.3, 0.4) is 0 Å². The highest BCUT2D eigenvalue weighted by Crippen LogP contribution is 2.23. The fourth-order valence-electron chi connectivity index (χ4n) is 1.42. The third-order valence-electron chi connectivity index (χ3n) is 2.63. The zero-order valence-electron chi connectivity index (χ0n) is 10.8. The molecule has 0 aliphatic heterocycles. The van der Waals surface area contributed by atoms with Crippen LogP contribution < -0.4 is 5.32 Å². The summed E-state index contributed by atoms with van der Waals surface area (Å²) < 4.78 is 9.32. The molecule has 1 N–H and O–H groups in total. The van der Waals surface area contributed by atoms with Crippen molar-refractivity contribution in [2.24, 2.45) is 0 Å². The molecule has 102 valence electrons. The fraction of sp³-hybridized carbons (Fsp3) is 0.417. The average Bonchev–Trinajstić information content (AvgIpc) is 3.06. The Balaban J connectivity index is 1.88. The minimum absolute atomic E-state index is 0.0584. The summed E-state index contributed by atoms with van der Waals surface area (Å²) in [6, 6.07) is 1.96. The van der Waals surface area contributed by atoms with Gasteiger partial charge < -0.3 is 10.1 Å². The number of amides is 1. The lowest BCUT2D eigenvalue weighted by Crippen LogP contribution is -2.14. The first-order chi connectivity index (χ1) is 9.19. The minimum atomic E-state index is -0.0584. The van der Waals surface area contributed by atoms with E-state index in [-0.39, 0.29) is 12.0 Å². The van der Waals surface area contributed by atoms with Crippen LogP contribution in [0.25, 0.3) is 11.4 Å². The number of methoxy groups -OCH3 is 1. The van der Waals surface area contributed by atoms with Gasteiger partial charge in [-0.3, -0.25) is 4.79 Å². The molecule has 0 aliphatic carbocycles. The molecule has 0 fully saturated rings. The topological polar surface area (TPSA) is 64.1 Å². The van der Waals surface area contributed by atoms with Crippen molar-refractivity contribution in [2.45, 2.75) is 25.9 Å². The minimum Gasteiger partial charge on any atom is -0.382 e. The van der Waals surface area contributed by atoms with E-state index < -0.39 is 0 Å². The van der Waals surface area contributed by atoms with E-state index >= 15 is 0 Å². The van der Waals surface area contributed by atoms with Crippen LogP contribution in [0.1, 0.15) is 19.8 Å². The first-order valence-corrected chi connectivity index (χ1v) is 7.59. The Morgan fingerprint density at radius 1 is 1.58 bits per heavy atom. The molecule has 2 heterocycles. The number of hydrogen-bond acceptors (Lipinski definition) is 6. The lowest BCUT2D eigenvalue weighted by molar-refractivity contribution is -0.116. The number of nitrogens with one attached hydrogen (secondary N) is 1. The summed E-state index contributed by atoms with van der Waals surface area (Å²) in [7, 11) is 1.64. The van der Waals surface area contributed by atoms with E-state index in [9.17, 15) is 4.79 Å². The van der Waals surface area contributed by atoms with Gasteiger partial charge in [0.15, 0.2) is 5.82 Å². The number of hydrogen-bond donors (Lipinski definition) is 1. The second-order valence-corrected chi connectivity index (χ2v) is 5.60. The van der Waals surface area contributed by atoms with Crippen LogP contribution in [0.5, 0.6) is 0 Å². The standard InChI is InChI=1S/C12H15N3O2S2/c1-8(17-2)3-4-10(16)13-12-14-11(15-19-12)9-5-6-18-7-9/h5-8H,3-4H2,1-2H3,(H,13,14,15,16)/t8-/m1/s1. The van der Waals surface area contributed by atoms with Crippen LogP contribution in [0.2, 0.25) is 0 Å². The Bertz CT molecular complexity index is 525. The van der Waals surface area contributed by atoms with Gasteiger partial charge in [0.2, 0.25) is 11.0 Å². The van der Waals surface area contributed by atoms with Gasteiger partial charge in [-0.25, -0.2) is 0 Å². The van der Waals surface area contributed by atoms with Crippen molar-refractivity contribution in [1.29, 1.82) is 0 Å². The molecular formula is C12H15N3O2S2. The molecule has 2 aromatic heterocycles. The van der Waals surface area contributed by atoms with Crippen molar-refractivity contribution in [2.75, 3.05) is 12.4 Å². The van der Waals surface area contributed by atoms with E-state index in [0.717, 1.165) is 5.56 Å². The van der Waals surface area contributed by atoms with Crippen LogP contribution in [0.4, 0.5) is 5.13 Å². The highest BCUT2D eigenvalue weighted by atomic mass is 32.1. The first-order valence-electron chi connectivity index (χ1n) is 5.88. The molecule has 0 unspecified atom stereocenters.